The Bertz CT molecular complexity index is 654. The zero-order valence-corrected chi connectivity index (χ0v) is 10.5. The average Bonchev–Trinajstić information content (AvgIpc) is 2.31. The molecule has 0 aliphatic carbocycles. The van der Waals surface area contributed by atoms with E-state index in [2.05, 4.69) is 4.98 Å². The Balaban J connectivity index is 2.25. The average molecular weight is 289 g/mol. The summed E-state index contributed by atoms with van der Waals surface area (Å²) in [5.74, 6) is -0.237. The highest BCUT2D eigenvalue weighted by Gasteiger charge is 2.27. The summed E-state index contributed by atoms with van der Waals surface area (Å²) in [7, 11) is 0. The number of benzene rings is 1. The van der Waals surface area contributed by atoms with Gasteiger partial charge in [0.05, 0.1) is 17.2 Å². The van der Waals surface area contributed by atoms with Crippen LogP contribution in [0.2, 0.25) is 0 Å². The molecule has 2 rings (SSSR count). The van der Waals surface area contributed by atoms with E-state index in [-0.39, 0.29) is 29.6 Å². The second kappa shape index (κ2) is 5.12. The summed E-state index contributed by atoms with van der Waals surface area (Å²) >= 11 is -0.167. The molecule has 0 unspecified atom stereocenters. The lowest BCUT2D eigenvalue weighted by Crippen LogP contribution is -2.22. The molecule has 0 spiro atoms. The standard InChI is InChI=1S/C11H10F3N3OS/c12-11(13,14)19-4-3-17-6-16-9-2-1-7(15)5-8(9)10(17)18/h1-2,5-6H,3-4,15H2. The monoisotopic (exact) mass is 289 g/mol. The van der Waals surface area contributed by atoms with Crippen molar-refractivity contribution in [3.63, 3.8) is 0 Å². The van der Waals surface area contributed by atoms with E-state index in [0.717, 1.165) is 4.57 Å². The Labute approximate surface area is 110 Å². The van der Waals surface area contributed by atoms with Crippen LogP contribution in [0.5, 0.6) is 0 Å². The van der Waals surface area contributed by atoms with Crippen LogP contribution in [0.25, 0.3) is 10.9 Å². The van der Waals surface area contributed by atoms with Crippen molar-refractivity contribution in [3.8, 4) is 0 Å². The molecule has 1 aromatic carbocycles. The third-order valence-corrected chi connectivity index (χ3v) is 3.16. The van der Waals surface area contributed by atoms with Crippen LogP contribution in [0.15, 0.2) is 29.3 Å². The zero-order chi connectivity index (χ0) is 14.0. The first kappa shape index (κ1) is 13.7. The van der Waals surface area contributed by atoms with E-state index >= 15 is 0 Å². The Morgan fingerprint density at radius 1 is 1.37 bits per heavy atom. The van der Waals surface area contributed by atoms with Crippen LogP contribution in [0.1, 0.15) is 0 Å². The van der Waals surface area contributed by atoms with E-state index in [1.165, 1.54) is 12.4 Å². The summed E-state index contributed by atoms with van der Waals surface area (Å²) in [5, 5.41) is 0.305. The smallest absolute Gasteiger partial charge is 0.399 e. The lowest BCUT2D eigenvalue weighted by molar-refractivity contribution is -0.0328. The summed E-state index contributed by atoms with van der Waals surface area (Å²) in [4.78, 5) is 16.0. The fourth-order valence-electron chi connectivity index (χ4n) is 1.60. The van der Waals surface area contributed by atoms with Gasteiger partial charge in [0.1, 0.15) is 0 Å². The minimum atomic E-state index is -4.29. The molecule has 2 aromatic rings. The molecule has 102 valence electrons. The van der Waals surface area contributed by atoms with Gasteiger partial charge >= 0.3 is 5.51 Å². The van der Waals surface area contributed by atoms with Gasteiger partial charge in [-0.1, -0.05) is 0 Å². The number of halogens is 3. The van der Waals surface area contributed by atoms with Crippen LogP contribution in [-0.2, 0) is 6.54 Å². The number of aromatic nitrogens is 2. The van der Waals surface area contributed by atoms with Gasteiger partial charge in [-0.2, -0.15) is 13.2 Å². The van der Waals surface area contributed by atoms with Crippen molar-refractivity contribution in [1.82, 2.24) is 9.55 Å². The van der Waals surface area contributed by atoms with Crippen LogP contribution in [0, 0.1) is 0 Å². The van der Waals surface area contributed by atoms with Gasteiger partial charge in [-0.25, -0.2) is 4.98 Å². The van der Waals surface area contributed by atoms with E-state index in [0.29, 0.717) is 16.6 Å². The summed E-state index contributed by atoms with van der Waals surface area (Å²) in [6, 6.07) is 4.68. The van der Waals surface area contributed by atoms with Gasteiger partial charge in [-0.05, 0) is 30.0 Å². The van der Waals surface area contributed by atoms with E-state index in [1.54, 1.807) is 12.1 Å². The topological polar surface area (TPSA) is 60.9 Å². The molecular formula is C11H10F3N3OS. The summed E-state index contributed by atoms with van der Waals surface area (Å²) in [5.41, 5.74) is 1.77. The number of nitrogens with two attached hydrogens (primary N) is 1. The highest BCUT2D eigenvalue weighted by molar-refractivity contribution is 8.00. The molecule has 0 atom stereocenters. The second-order valence-corrected chi connectivity index (χ2v) is 4.97. The quantitative estimate of drug-likeness (QED) is 0.880. The molecule has 0 bridgehead atoms. The van der Waals surface area contributed by atoms with Crippen LogP contribution < -0.4 is 11.3 Å². The summed E-state index contributed by atoms with van der Waals surface area (Å²) in [6.07, 6.45) is 1.25. The molecule has 2 N–H and O–H groups in total. The van der Waals surface area contributed by atoms with Gasteiger partial charge in [0.15, 0.2) is 0 Å². The molecule has 0 aliphatic rings. The highest BCUT2D eigenvalue weighted by Crippen LogP contribution is 2.29. The predicted molar refractivity (Wildman–Crippen MR) is 68.9 cm³/mol. The number of fused-ring (bicyclic) bond motifs is 1. The Hall–Kier alpha value is -1.70. The first-order chi connectivity index (χ1) is 8.87. The number of alkyl halides is 3. The Morgan fingerprint density at radius 3 is 2.79 bits per heavy atom. The van der Waals surface area contributed by atoms with E-state index in [1.807, 2.05) is 0 Å². The fourth-order valence-corrected chi connectivity index (χ4v) is 2.12. The van der Waals surface area contributed by atoms with E-state index in [9.17, 15) is 18.0 Å². The van der Waals surface area contributed by atoms with Gasteiger partial charge in [-0.3, -0.25) is 9.36 Å². The molecule has 0 saturated carbocycles. The molecule has 8 heteroatoms. The van der Waals surface area contributed by atoms with E-state index < -0.39 is 5.51 Å². The fraction of sp³-hybridized carbons (Fsp3) is 0.273. The van der Waals surface area contributed by atoms with Crippen molar-refractivity contribution in [2.45, 2.75) is 12.1 Å². The van der Waals surface area contributed by atoms with Gasteiger partial charge < -0.3 is 5.73 Å². The molecule has 19 heavy (non-hydrogen) atoms. The maximum atomic E-state index is 12.0. The van der Waals surface area contributed by atoms with Gasteiger partial charge in [-0.15, -0.1) is 0 Å². The number of anilines is 1. The number of thioether (sulfide) groups is 1. The molecule has 0 amide bonds. The zero-order valence-electron chi connectivity index (χ0n) is 9.65. The second-order valence-electron chi connectivity index (χ2n) is 3.81. The molecule has 1 heterocycles. The SMILES string of the molecule is Nc1ccc2ncn(CCSC(F)(F)F)c(=O)c2c1. The molecule has 0 radical (unpaired) electrons. The summed E-state index contributed by atoms with van der Waals surface area (Å²) in [6.45, 7) is -0.0548. The van der Waals surface area contributed by atoms with Crippen LogP contribution in [0.4, 0.5) is 18.9 Å². The van der Waals surface area contributed by atoms with Crippen molar-refractivity contribution < 1.29 is 13.2 Å². The highest BCUT2D eigenvalue weighted by atomic mass is 32.2. The first-order valence-electron chi connectivity index (χ1n) is 5.32. The van der Waals surface area contributed by atoms with E-state index in [4.69, 9.17) is 5.73 Å². The number of hydrogen-bond donors (Lipinski definition) is 1. The maximum absolute atomic E-state index is 12.0. The van der Waals surface area contributed by atoms with Crippen molar-refractivity contribution >= 4 is 28.4 Å². The Morgan fingerprint density at radius 2 is 2.11 bits per heavy atom. The van der Waals surface area contributed by atoms with Crippen molar-refractivity contribution in [2.24, 2.45) is 0 Å². The number of hydrogen-bond acceptors (Lipinski definition) is 4. The predicted octanol–water partition coefficient (Wildman–Crippen LogP) is 2.23. The lowest BCUT2D eigenvalue weighted by atomic mass is 10.2. The first-order valence-corrected chi connectivity index (χ1v) is 6.31. The normalized spacial score (nSPS) is 11.9. The molecule has 0 saturated heterocycles. The number of nitrogen functional groups attached to an aromatic ring is 1. The third kappa shape index (κ3) is 3.40. The van der Waals surface area contributed by atoms with Gasteiger partial charge in [0, 0.05) is 18.0 Å². The third-order valence-electron chi connectivity index (χ3n) is 2.45. The molecule has 4 nitrogen and oxygen atoms in total. The lowest BCUT2D eigenvalue weighted by Gasteiger charge is -2.08. The van der Waals surface area contributed by atoms with Gasteiger partial charge in [0.25, 0.3) is 5.56 Å². The number of rotatable bonds is 3. The molecule has 1 aromatic heterocycles. The number of aryl methyl sites for hydroxylation is 1. The van der Waals surface area contributed by atoms with Crippen molar-refractivity contribution in [1.29, 1.82) is 0 Å². The van der Waals surface area contributed by atoms with Crippen molar-refractivity contribution in [2.75, 3.05) is 11.5 Å². The van der Waals surface area contributed by atoms with Crippen LogP contribution in [0.3, 0.4) is 0 Å². The van der Waals surface area contributed by atoms with Gasteiger partial charge in [0.2, 0.25) is 0 Å². The molecule has 0 aliphatic heterocycles. The van der Waals surface area contributed by atoms with Crippen LogP contribution >= 0.6 is 11.8 Å². The summed E-state index contributed by atoms with van der Waals surface area (Å²) < 4.78 is 37.2. The van der Waals surface area contributed by atoms with Crippen molar-refractivity contribution in [3.05, 3.63) is 34.9 Å². The molecule has 0 fully saturated rings. The molecular weight excluding hydrogens is 279 g/mol. The Kier molecular flexibility index (Phi) is 3.70. The largest absolute Gasteiger partial charge is 0.441 e. The minimum Gasteiger partial charge on any atom is -0.399 e. The number of nitrogens with zero attached hydrogens (tertiary/aromatic N) is 2. The maximum Gasteiger partial charge on any atom is 0.441 e. The minimum absolute atomic E-state index is 0.0548. The van der Waals surface area contributed by atoms with Crippen LogP contribution in [-0.4, -0.2) is 20.8 Å².